The number of carbonyl (C=O) groups excluding carboxylic acids is 1. The third kappa shape index (κ3) is 3.98. The van der Waals surface area contributed by atoms with Crippen LogP contribution in [0.2, 0.25) is 0 Å². The highest BCUT2D eigenvalue weighted by Gasteiger charge is 2.32. The molecule has 0 spiro atoms. The number of nitrogens with one attached hydrogen (secondary N) is 1. The zero-order chi connectivity index (χ0) is 13.9. The molecule has 1 saturated carbocycles. The predicted octanol–water partition coefficient (Wildman–Crippen LogP) is 2.55. The van der Waals surface area contributed by atoms with E-state index in [1.165, 1.54) is 0 Å². The Bertz CT molecular complexity index is 286. The fourth-order valence-electron chi connectivity index (χ4n) is 2.36. The lowest BCUT2D eigenvalue weighted by atomic mass is 9.78. The Kier molecular flexibility index (Phi) is 5.20. The van der Waals surface area contributed by atoms with Crippen molar-refractivity contribution < 1.29 is 4.79 Å². The van der Waals surface area contributed by atoms with Crippen LogP contribution in [0, 0.1) is 23.2 Å². The molecule has 0 saturated heterocycles. The standard InChI is InChI=1S/C15H30N2O/c1-10(2)15(4,5)9-17-14(18)12-8-11(3)6-7-13(12)16/h10-13H,6-9,16H2,1-5H3,(H,17,18). The SMILES string of the molecule is CC1CCC(N)C(C(=O)NCC(C)(C)C(C)C)C1. The molecular weight excluding hydrogens is 224 g/mol. The van der Waals surface area contributed by atoms with E-state index in [1.54, 1.807) is 0 Å². The van der Waals surface area contributed by atoms with E-state index in [0.29, 0.717) is 11.8 Å². The first-order chi connectivity index (χ1) is 8.24. The molecule has 3 unspecified atom stereocenters. The zero-order valence-corrected chi connectivity index (χ0v) is 12.6. The molecular formula is C15H30N2O. The topological polar surface area (TPSA) is 55.1 Å². The molecule has 3 N–H and O–H groups in total. The first kappa shape index (κ1) is 15.5. The van der Waals surface area contributed by atoms with E-state index in [0.717, 1.165) is 25.8 Å². The molecule has 0 aliphatic heterocycles. The molecule has 0 radical (unpaired) electrons. The molecule has 0 heterocycles. The molecule has 0 aromatic heterocycles. The number of hydrogen-bond acceptors (Lipinski definition) is 2. The van der Waals surface area contributed by atoms with Crippen molar-refractivity contribution in [1.29, 1.82) is 0 Å². The van der Waals surface area contributed by atoms with Gasteiger partial charge in [0.05, 0.1) is 5.92 Å². The minimum Gasteiger partial charge on any atom is -0.355 e. The molecule has 106 valence electrons. The van der Waals surface area contributed by atoms with Gasteiger partial charge in [-0.1, -0.05) is 34.6 Å². The van der Waals surface area contributed by atoms with Crippen molar-refractivity contribution in [3.8, 4) is 0 Å². The average molecular weight is 254 g/mol. The maximum absolute atomic E-state index is 12.2. The highest BCUT2D eigenvalue weighted by molar-refractivity contribution is 5.79. The third-order valence-corrected chi connectivity index (χ3v) is 4.78. The summed E-state index contributed by atoms with van der Waals surface area (Å²) in [7, 11) is 0. The van der Waals surface area contributed by atoms with E-state index in [-0.39, 0.29) is 23.3 Å². The Hall–Kier alpha value is -0.570. The second kappa shape index (κ2) is 6.05. The van der Waals surface area contributed by atoms with Gasteiger partial charge in [0.15, 0.2) is 0 Å². The molecule has 3 atom stereocenters. The number of nitrogens with two attached hydrogens (primary N) is 1. The molecule has 1 amide bonds. The first-order valence-electron chi connectivity index (χ1n) is 7.27. The molecule has 3 heteroatoms. The normalized spacial score (nSPS) is 29.4. The van der Waals surface area contributed by atoms with Gasteiger partial charge in [-0.2, -0.15) is 0 Å². The fourth-order valence-corrected chi connectivity index (χ4v) is 2.36. The van der Waals surface area contributed by atoms with Gasteiger partial charge in [0.25, 0.3) is 0 Å². The van der Waals surface area contributed by atoms with Crippen LogP contribution in [0.4, 0.5) is 0 Å². The molecule has 0 aromatic rings. The van der Waals surface area contributed by atoms with Gasteiger partial charge in [-0.05, 0) is 36.5 Å². The lowest BCUT2D eigenvalue weighted by Gasteiger charge is -2.34. The Morgan fingerprint density at radius 2 is 2.00 bits per heavy atom. The number of carbonyl (C=O) groups is 1. The average Bonchev–Trinajstić information content (AvgIpc) is 2.29. The number of rotatable bonds is 4. The van der Waals surface area contributed by atoms with Crippen LogP contribution in [0.5, 0.6) is 0 Å². The van der Waals surface area contributed by atoms with Crippen LogP contribution in [0.25, 0.3) is 0 Å². The number of hydrogen-bond donors (Lipinski definition) is 2. The minimum absolute atomic E-state index is 0.0108. The zero-order valence-electron chi connectivity index (χ0n) is 12.6. The quantitative estimate of drug-likeness (QED) is 0.810. The fraction of sp³-hybridized carbons (Fsp3) is 0.933. The van der Waals surface area contributed by atoms with Gasteiger partial charge >= 0.3 is 0 Å². The highest BCUT2D eigenvalue weighted by Crippen LogP contribution is 2.29. The molecule has 1 aliphatic carbocycles. The highest BCUT2D eigenvalue weighted by atomic mass is 16.1. The smallest absolute Gasteiger partial charge is 0.224 e. The maximum atomic E-state index is 12.2. The molecule has 1 rings (SSSR count). The largest absolute Gasteiger partial charge is 0.355 e. The third-order valence-electron chi connectivity index (χ3n) is 4.78. The van der Waals surface area contributed by atoms with Gasteiger partial charge in [-0.15, -0.1) is 0 Å². The molecule has 1 aliphatic rings. The van der Waals surface area contributed by atoms with E-state index in [9.17, 15) is 4.79 Å². The van der Waals surface area contributed by atoms with E-state index in [1.807, 2.05) is 0 Å². The van der Waals surface area contributed by atoms with Gasteiger partial charge in [0, 0.05) is 12.6 Å². The van der Waals surface area contributed by atoms with Gasteiger partial charge < -0.3 is 11.1 Å². The van der Waals surface area contributed by atoms with Crippen LogP contribution >= 0.6 is 0 Å². The second-order valence-electron chi connectivity index (χ2n) is 7.05. The summed E-state index contributed by atoms with van der Waals surface area (Å²) >= 11 is 0. The second-order valence-corrected chi connectivity index (χ2v) is 7.05. The van der Waals surface area contributed by atoms with Crippen LogP contribution in [0.1, 0.15) is 53.9 Å². The lowest BCUT2D eigenvalue weighted by Crippen LogP contribution is -2.47. The van der Waals surface area contributed by atoms with E-state index in [4.69, 9.17) is 5.73 Å². The van der Waals surface area contributed by atoms with Crippen LogP contribution in [-0.2, 0) is 4.79 Å². The van der Waals surface area contributed by atoms with Gasteiger partial charge in [-0.3, -0.25) is 4.79 Å². The van der Waals surface area contributed by atoms with Crippen molar-refractivity contribution in [1.82, 2.24) is 5.32 Å². The van der Waals surface area contributed by atoms with Crippen LogP contribution in [0.3, 0.4) is 0 Å². The Morgan fingerprint density at radius 3 is 2.56 bits per heavy atom. The summed E-state index contributed by atoms with van der Waals surface area (Å²) in [6, 6.07) is 0.0448. The van der Waals surface area contributed by atoms with Crippen molar-refractivity contribution >= 4 is 5.91 Å². The first-order valence-corrected chi connectivity index (χ1v) is 7.27. The summed E-state index contributed by atoms with van der Waals surface area (Å²) < 4.78 is 0. The van der Waals surface area contributed by atoms with E-state index >= 15 is 0 Å². The molecule has 0 aromatic carbocycles. The maximum Gasteiger partial charge on any atom is 0.224 e. The molecule has 1 fully saturated rings. The minimum atomic E-state index is 0.0108. The summed E-state index contributed by atoms with van der Waals surface area (Å²) in [6.45, 7) is 11.7. The van der Waals surface area contributed by atoms with Gasteiger partial charge in [0.1, 0.15) is 0 Å². The van der Waals surface area contributed by atoms with Crippen molar-refractivity contribution in [2.45, 2.75) is 59.9 Å². The van der Waals surface area contributed by atoms with Gasteiger partial charge in [0.2, 0.25) is 5.91 Å². The van der Waals surface area contributed by atoms with Crippen molar-refractivity contribution in [3.05, 3.63) is 0 Å². The summed E-state index contributed by atoms with van der Waals surface area (Å²) in [5, 5.41) is 3.11. The van der Waals surface area contributed by atoms with Gasteiger partial charge in [-0.25, -0.2) is 0 Å². The van der Waals surface area contributed by atoms with Crippen LogP contribution in [0.15, 0.2) is 0 Å². The van der Waals surface area contributed by atoms with Crippen molar-refractivity contribution in [2.75, 3.05) is 6.54 Å². The van der Waals surface area contributed by atoms with Crippen molar-refractivity contribution in [3.63, 3.8) is 0 Å². The number of amides is 1. The molecule has 0 bridgehead atoms. The predicted molar refractivity (Wildman–Crippen MR) is 76.1 cm³/mol. The lowest BCUT2D eigenvalue weighted by molar-refractivity contribution is -0.127. The summed E-state index contributed by atoms with van der Waals surface area (Å²) in [5.41, 5.74) is 6.22. The van der Waals surface area contributed by atoms with E-state index in [2.05, 4.69) is 39.9 Å². The summed E-state index contributed by atoms with van der Waals surface area (Å²) in [4.78, 5) is 12.2. The Morgan fingerprint density at radius 1 is 1.39 bits per heavy atom. The Balaban J connectivity index is 2.50. The Labute approximate surface area is 112 Å². The van der Waals surface area contributed by atoms with Crippen LogP contribution < -0.4 is 11.1 Å². The molecule has 18 heavy (non-hydrogen) atoms. The van der Waals surface area contributed by atoms with E-state index < -0.39 is 0 Å². The molecule has 3 nitrogen and oxygen atoms in total. The monoisotopic (exact) mass is 254 g/mol. The van der Waals surface area contributed by atoms with Crippen LogP contribution in [-0.4, -0.2) is 18.5 Å². The van der Waals surface area contributed by atoms with Crippen molar-refractivity contribution in [2.24, 2.45) is 28.9 Å². The summed E-state index contributed by atoms with van der Waals surface area (Å²) in [5.74, 6) is 1.34. The summed E-state index contributed by atoms with van der Waals surface area (Å²) in [6.07, 6.45) is 3.07.